The minimum atomic E-state index is 0.264. The Balaban J connectivity index is 1.80. The fraction of sp³-hybridized carbons (Fsp3) is 0.909. The number of hydrogen-bond donors (Lipinski definition) is 1. The van der Waals surface area contributed by atoms with E-state index in [9.17, 15) is 4.79 Å². The van der Waals surface area contributed by atoms with E-state index >= 15 is 0 Å². The molecule has 2 atom stereocenters. The second kappa shape index (κ2) is 4.94. The van der Waals surface area contributed by atoms with Crippen LogP contribution < -0.4 is 5.32 Å². The Labute approximate surface area is 91.0 Å². The number of fused-ring (bicyclic) bond motifs is 1. The molecule has 0 aromatic carbocycles. The molecule has 0 saturated carbocycles. The molecule has 0 radical (unpaired) electrons. The van der Waals surface area contributed by atoms with Crippen molar-refractivity contribution in [2.24, 2.45) is 5.92 Å². The van der Waals surface area contributed by atoms with Crippen molar-refractivity contribution in [2.75, 3.05) is 32.8 Å². The summed E-state index contributed by atoms with van der Waals surface area (Å²) in [6.45, 7) is 6.22. The maximum atomic E-state index is 11.9. The van der Waals surface area contributed by atoms with E-state index in [1.807, 2.05) is 11.8 Å². The normalized spacial score (nSPS) is 29.5. The molecule has 2 fully saturated rings. The Hall–Kier alpha value is -0.610. The van der Waals surface area contributed by atoms with Crippen LogP contribution in [0.15, 0.2) is 0 Å². The van der Waals surface area contributed by atoms with Crippen LogP contribution in [0.2, 0.25) is 0 Å². The van der Waals surface area contributed by atoms with Gasteiger partial charge in [0.15, 0.2) is 0 Å². The molecule has 2 aliphatic heterocycles. The summed E-state index contributed by atoms with van der Waals surface area (Å²) in [5.74, 6) is 0.959. The Morgan fingerprint density at radius 2 is 2.40 bits per heavy atom. The standard InChI is InChI=1S/C11H20N2O2/c1-2-15-6-4-11(14)13-5-3-9-7-12-8-10(9)13/h9-10,12H,2-8H2,1H3. The third-order valence-corrected chi connectivity index (χ3v) is 3.43. The van der Waals surface area contributed by atoms with Gasteiger partial charge >= 0.3 is 0 Å². The van der Waals surface area contributed by atoms with Crippen molar-refractivity contribution in [1.82, 2.24) is 10.2 Å². The molecular formula is C11H20N2O2. The van der Waals surface area contributed by atoms with Crippen molar-refractivity contribution in [3.05, 3.63) is 0 Å². The van der Waals surface area contributed by atoms with Gasteiger partial charge < -0.3 is 15.0 Å². The van der Waals surface area contributed by atoms with Crippen LogP contribution in [0.25, 0.3) is 0 Å². The highest BCUT2D eigenvalue weighted by molar-refractivity contribution is 5.77. The van der Waals surface area contributed by atoms with E-state index in [0.717, 1.165) is 26.1 Å². The van der Waals surface area contributed by atoms with Crippen molar-refractivity contribution in [3.63, 3.8) is 0 Å². The maximum Gasteiger partial charge on any atom is 0.225 e. The fourth-order valence-corrected chi connectivity index (χ4v) is 2.61. The van der Waals surface area contributed by atoms with Gasteiger partial charge in [0.25, 0.3) is 0 Å². The molecule has 2 saturated heterocycles. The highest BCUT2D eigenvalue weighted by Gasteiger charge is 2.39. The lowest BCUT2D eigenvalue weighted by Crippen LogP contribution is -2.39. The van der Waals surface area contributed by atoms with E-state index in [4.69, 9.17) is 4.74 Å². The van der Waals surface area contributed by atoms with Crippen LogP contribution in [0, 0.1) is 5.92 Å². The van der Waals surface area contributed by atoms with E-state index < -0.39 is 0 Å². The molecule has 4 heteroatoms. The Bertz CT molecular complexity index is 233. The lowest BCUT2D eigenvalue weighted by Gasteiger charge is -2.23. The number of nitrogens with one attached hydrogen (secondary N) is 1. The topological polar surface area (TPSA) is 41.6 Å². The fourth-order valence-electron chi connectivity index (χ4n) is 2.61. The van der Waals surface area contributed by atoms with Gasteiger partial charge in [-0.3, -0.25) is 4.79 Å². The highest BCUT2D eigenvalue weighted by Crippen LogP contribution is 2.27. The lowest BCUT2D eigenvalue weighted by molar-refractivity contribution is -0.133. The molecule has 0 spiro atoms. The predicted molar refractivity (Wildman–Crippen MR) is 57.6 cm³/mol. The van der Waals surface area contributed by atoms with Gasteiger partial charge in [-0.05, 0) is 19.3 Å². The average molecular weight is 212 g/mol. The van der Waals surface area contributed by atoms with Crippen molar-refractivity contribution >= 4 is 5.91 Å². The van der Waals surface area contributed by atoms with Gasteiger partial charge in [0, 0.05) is 32.3 Å². The molecule has 86 valence electrons. The number of likely N-dealkylation sites (tertiary alicyclic amines) is 1. The smallest absolute Gasteiger partial charge is 0.225 e. The number of ether oxygens (including phenoxy) is 1. The Morgan fingerprint density at radius 3 is 3.20 bits per heavy atom. The van der Waals surface area contributed by atoms with Crippen LogP contribution in [0.5, 0.6) is 0 Å². The van der Waals surface area contributed by atoms with Crippen LogP contribution in [0.4, 0.5) is 0 Å². The van der Waals surface area contributed by atoms with Crippen LogP contribution in [-0.4, -0.2) is 49.7 Å². The second-order valence-corrected chi connectivity index (χ2v) is 4.31. The number of nitrogens with zero attached hydrogens (tertiary/aromatic N) is 1. The monoisotopic (exact) mass is 212 g/mol. The second-order valence-electron chi connectivity index (χ2n) is 4.31. The number of hydrogen-bond acceptors (Lipinski definition) is 3. The molecular weight excluding hydrogens is 192 g/mol. The van der Waals surface area contributed by atoms with Gasteiger partial charge in [-0.25, -0.2) is 0 Å². The molecule has 15 heavy (non-hydrogen) atoms. The summed E-state index contributed by atoms with van der Waals surface area (Å²) in [7, 11) is 0. The van der Waals surface area contributed by atoms with Crippen LogP contribution >= 0.6 is 0 Å². The summed E-state index contributed by atoms with van der Waals surface area (Å²) in [4.78, 5) is 13.9. The molecule has 0 bridgehead atoms. The van der Waals surface area contributed by atoms with E-state index in [0.29, 0.717) is 31.6 Å². The zero-order chi connectivity index (χ0) is 10.7. The van der Waals surface area contributed by atoms with Gasteiger partial charge in [-0.2, -0.15) is 0 Å². The van der Waals surface area contributed by atoms with Gasteiger partial charge in [-0.1, -0.05) is 0 Å². The Kier molecular flexibility index (Phi) is 3.59. The van der Waals surface area contributed by atoms with Crippen LogP contribution in [-0.2, 0) is 9.53 Å². The summed E-state index contributed by atoms with van der Waals surface area (Å²) in [6.07, 6.45) is 1.70. The number of amides is 1. The number of rotatable bonds is 4. The molecule has 2 unspecified atom stereocenters. The van der Waals surface area contributed by atoms with Crippen LogP contribution in [0.3, 0.4) is 0 Å². The van der Waals surface area contributed by atoms with Gasteiger partial charge in [-0.15, -0.1) is 0 Å². The number of carbonyl (C=O) groups excluding carboxylic acids is 1. The van der Waals surface area contributed by atoms with Crippen molar-refractivity contribution < 1.29 is 9.53 Å². The minimum absolute atomic E-state index is 0.264. The van der Waals surface area contributed by atoms with Gasteiger partial charge in [0.1, 0.15) is 0 Å². The van der Waals surface area contributed by atoms with E-state index in [2.05, 4.69) is 5.32 Å². The lowest BCUT2D eigenvalue weighted by atomic mass is 10.1. The summed E-state index contributed by atoms with van der Waals surface area (Å²) in [5.41, 5.74) is 0. The van der Waals surface area contributed by atoms with E-state index in [1.54, 1.807) is 0 Å². The molecule has 1 amide bonds. The quantitative estimate of drug-likeness (QED) is 0.678. The van der Waals surface area contributed by atoms with Crippen molar-refractivity contribution in [2.45, 2.75) is 25.8 Å². The van der Waals surface area contributed by atoms with Crippen molar-refractivity contribution in [1.29, 1.82) is 0 Å². The highest BCUT2D eigenvalue weighted by atomic mass is 16.5. The van der Waals surface area contributed by atoms with Crippen LogP contribution in [0.1, 0.15) is 19.8 Å². The zero-order valence-electron chi connectivity index (χ0n) is 9.37. The Morgan fingerprint density at radius 1 is 1.53 bits per heavy atom. The maximum absolute atomic E-state index is 11.9. The summed E-state index contributed by atoms with van der Waals surface area (Å²) in [5, 5.41) is 3.35. The summed E-state index contributed by atoms with van der Waals surface area (Å²) < 4.78 is 5.21. The molecule has 2 aliphatic rings. The zero-order valence-corrected chi connectivity index (χ0v) is 9.37. The van der Waals surface area contributed by atoms with Gasteiger partial charge in [0.05, 0.1) is 13.0 Å². The SMILES string of the molecule is CCOCCC(=O)N1CCC2CNCC21. The molecule has 2 rings (SSSR count). The molecule has 0 aliphatic carbocycles. The minimum Gasteiger partial charge on any atom is -0.381 e. The summed E-state index contributed by atoms with van der Waals surface area (Å²) in [6, 6.07) is 0.458. The average Bonchev–Trinajstić information content (AvgIpc) is 2.78. The predicted octanol–water partition coefficient (Wildman–Crippen LogP) is 0.233. The van der Waals surface area contributed by atoms with E-state index in [-0.39, 0.29) is 5.91 Å². The summed E-state index contributed by atoms with van der Waals surface area (Å²) >= 11 is 0. The first-order valence-electron chi connectivity index (χ1n) is 5.91. The van der Waals surface area contributed by atoms with Gasteiger partial charge in [0.2, 0.25) is 5.91 Å². The van der Waals surface area contributed by atoms with Crippen molar-refractivity contribution in [3.8, 4) is 0 Å². The largest absolute Gasteiger partial charge is 0.381 e. The third-order valence-electron chi connectivity index (χ3n) is 3.43. The number of carbonyl (C=O) groups is 1. The third kappa shape index (κ3) is 2.32. The molecule has 0 aromatic heterocycles. The van der Waals surface area contributed by atoms with E-state index in [1.165, 1.54) is 0 Å². The first-order valence-corrected chi connectivity index (χ1v) is 5.91. The molecule has 4 nitrogen and oxygen atoms in total. The molecule has 2 heterocycles. The molecule has 0 aromatic rings. The first kappa shape index (κ1) is 10.9. The molecule has 1 N–H and O–H groups in total. The first-order chi connectivity index (χ1) is 7.33.